The SMILES string of the molecule is Cc1cc(NC(=O)CN(c2ccccc2)S(C)(=O)=O)ccc1Br. The minimum Gasteiger partial charge on any atom is -0.325 e. The summed E-state index contributed by atoms with van der Waals surface area (Å²) in [5.41, 5.74) is 2.06. The lowest BCUT2D eigenvalue weighted by atomic mass is 10.2. The van der Waals surface area contributed by atoms with Gasteiger partial charge in [0, 0.05) is 10.2 Å². The van der Waals surface area contributed by atoms with Gasteiger partial charge in [0.05, 0.1) is 11.9 Å². The molecule has 2 aromatic carbocycles. The predicted octanol–water partition coefficient (Wildman–Crippen LogP) is 3.16. The molecule has 0 unspecified atom stereocenters. The molecule has 0 spiro atoms. The summed E-state index contributed by atoms with van der Waals surface area (Å²) in [6, 6.07) is 13.9. The number of nitrogens with one attached hydrogen (secondary N) is 1. The highest BCUT2D eigenvalue weighted by atomic mass is 79.9. The molecule has 23 heavy (non-hydrogen) atoms. The topological polar surface area (TPSA) is 66.5 Å². The Hall–Kier alpha value is -1.86. The molecule has 1 N–H and O–H groups in total. The average Bonchev–Trinajstić information content (AvgIpc) is 2.48. The maximum absolute atomic E-state index is 12.2. The highest BCUT2D eigenvalue weighted by Crippen LogP contribution is 2.21. The van der Waals surface area contributed by atoms with Crippen molar-refractivity contribution in [3.8, 4) is 0 Å². The molecule has 0 fully saturated rings. The first-order valence-corrected chi connectivity index (χ1v) is 9.50. The fraction of sp³-hybridized carbons (Fsp3) is 0.188. The third-order valence-corrected chi connectivity index (χ3v) is 5.20. The zero-order chi connectivity index (χ0) is 17.0. The normalized spacial score (nSPS) is 11.1. The van der Waals surface area contributed by atoms with Gasteiger partial charge >= 0.3 is 0 Å². The van der Waals surface area contributed by atoms with Crippen LogP contribution in [0.25, 0.3) is 0 Å². The van der Waals surface area contributed by atoms with Crippen LogP contribution in [0.5, 0.6) is 0 Å². The number of halogens is 1. The average molecular weight is 397 g/mol. The molecular formula is C16H17BrN2O3S. The number of aryl methyl sites for hydroxylation is 1. The number of carbonyl (C=O) groups excluding carboxylic acids is 1. The molecule has 2 rings (SSSR count). The van der Waals surface area contributed by atoms with Gasteiger partial charge in [-0.15, -0.1) is 0 Å². The van der Waals surface area contributed by atoms with Crippen molar-refractivity contribution >= 4 is 43.2 Å². The van der Waals surface area contributed by atoms with Gasteiger partial charge in [-0.3, -0.25) is 9.10 Å². The second kappa shape index (κ2) is 7.14. The van der Waals surface area contributed by atoms with Crippen molar-refractivity contribution < 1.29 is 13.2 Å². The molecule has 0 radical (unpaired) electrons. The van der Waals surface area contributed by atoms with E-state index in [1.54, 1.807) is 36.4 Å². The van der Waals surface area contributed by atoms with E-state index in [4.69, 9.17) is 0 Å². The first-order valence-electron chi connectivity index (χ1n) is 6.86. The number of benzene rings is 2. The van der Waals surface area contributed by atoms with E-state index < -0.39 is 15.9 Å². The Labute approximate surface area is 144 Å². The molecular weight excluding hydrogens is 380 g/mol. The van der Waals surface area contributed by atoms with Crippen molar-refractivity contribution in [3.05, 3.63) is 58.6 Å². The zero-order valence-electron chi connectivity index (χ0n) is 12.8. The molecule has 0 aliphatic heterocycles. The molecule has 0 atom stereocenters. The lowest BCUT2D eigenvalue weighted by Gasteiger charge is -2.21. The maximum atomic E-state index is 12.2. The van der Waals surface area contributed by atoms with Gasteiger partial charge in [-0.05, 0) is 42.8 Å². The fourth-order valence-electron chi connectivity index (χ4n) is 2.05. The molecule has 0 saturated carbocycles. The summed E-state index contributed by atoms with van der Waals surface area (Å²) in [5, 5.41) is 2.72. The summed E-state index contributed by atoms with van der Waals surface area (Å²) in [7, 11) is -3.56. The van der Waals surface area contributed by atoms with Gasteiger partial charge in [-0.25, -0.2) is 8.42 Å². The quantitative estimate of drug-likeness (QED) is 0.843. The van der Waals surface area contributed by atoms with Gasteiger partial charge in [0.2, 0.25) is 15.9 Å². The van der Waals surface area contributed by atoms with E-state index in [0.29, 0.717) is 11.4 Å². The number of nitrogens with zero attached hydrogens (tertiary/aromatic N) is 1. The number of hydrogen-bond donors (Lipinski definition) is 1. The molecule has 0 aromatic heterocycles. The van der Waals surface area contributed by atoms with Gasteiger partial charge in [0.1, 0.15) is 6.54 Å². The third-order valence-electron chi connectivity index (χ3n) is 3.17. The number of rotatable bonds is 5. The van der Waals surface area contributed by atoms with Crippen LogP contribution in [-0.2, 0) is 14.8 Å². The number of anilines is 2. The molecule has 122 valence electrons. The molecule has 0 bridgehead atoms. The molecule has 5 nitrogen and oxygen atoms in total. The van der Waals surface area contributed by atoms with Crippen molar-refractivity contribution in [2.24, 2.45) is 0 Å². The van der Waals surface area contributed by atoms with Crippen LogP contribution in [-0.4, -0.2) is 27.1 Å². The standard InChI is InChI=1S/C16H17BrN2O3S/c1-12-10-13(8-9-15(12)17)18-16(20)11-19(23(2,21)22)14-6-4-3-5-7-14/h3-10H,11H2,1-2H3,(H,18,20). The molecule has 0 saturated heterocycles. The van der Waals surface area contributed by atoms with E-state index in [9.17, 15) is 13.2 Å². The predicted molar refractivity (Wildman–Crippen MR) is 96.1 cm³/mol. The van der Waals surface area contributed by atoms with Crippen LogP contribution >= 0.6 is 15.9 Å². The second-order valence-corrected chi connectivity index (χ2v) is 7.88. The smallest absolute Gasteiger partial charge is 0.245 e. The van der Waals surface area contributed by atoms with Gasteiger partial charge in [0.25, 0.3) is 0 Å². The van der Waals surface area contributed by atoms with Crippen LogP contribution in [0.3, 0.4) is 0 Å². The lowest BCUT2D eigenvalue weighted by molar-refractivity contribution is -0.114. The highest BCUT2D eigenvalue weighted by molar-refractivity contribution is 9.10. The van der Waals surface area contributed by atoms with Crippen LogP contribution in [0, 0.1) is 6.92 Å². The van der Waals surface area contributed by atoms with Crippen molar-refractivity contribution in [3.63, 3.8) is 0 Å². The maximum Gasteiger partial charge on any atom is 0.245 e. The number of carbonyl (C=O) groups is 1. The summed E-state index contributed by atoms with van der Waals surface area (Å²) in [5.74, 6) is -0.402. The lowest BCUT2D eigenvalue weighted by Crippen LogP contribution is -2.37. The second-order valence-electron chi connectivity index (χ2n) is 5.12. The van der Waals surface area contributed by atoms with Crippen LogP contribution in [0.4, 0.5) is 11.4 Å². The fourth-order valence-corrected chi connectivity index (χ4v) is 3.15. The first-order chi connectivity index (χ1) is 10.8. The Morgan fingerprint density at radius 1 is 1.17 bits per heavy atom. The van der Waals surface area contributed by atoms with Crippen molar-refractivity contribution in [2.45, 2.75) is 6.92 Å². The van der Waals surface area contributed by atoms with Gasteiger partial charge in [0.15, 0.2) is 0 Å². The van der Waals surface area contributed by atoms with Crippen molar-refractivity contribution in [1.29, 1.82) is 0 Å². The highest BCUT2D eigenvalue weighted by Gasteiger charge is 2.20. The van der Waals surface area contributed by atoms with Crippen LogP contribution in [0.1, 0.15) is 5.56 Å². The van der Waals surface area contributed by atoms with E-state index in [1.807, 2.05) is 19.1 Å². The summed E-state index contributed by atoms with van der Waals surface area (Å²) >= 11 is 3.39. The Morgan fingerprint density at radius 2 is 1.83 bits per heavy atom. The Bertz CT molecular complexity index is 807. The first kappa shape index (κ1) is 17.5. The Kier molecular flexibility index (Phi) is 5.43. The van der Waals surface area contributed by atoms with E-state index in [1.165, 1.54) is 0 Å². The summed E-state index contributed by atoms with van der Waals surface area (Å²) < 4.78 is 25.9. The minimum atomic E-state index is -3.56. The summed E-state index contributed by atoms with van der Waals surface area (Å²) in [6.45, 7) is 1.63. The van der Waals surface area contributed by atoms with Gasteiger partial charge < -0.3 is 5.32 Å². The summed E-state index contributed by atoms with van der Waals surface area (Å²) in [6.07, 6.45) is 1.08. The molecule has 2 aromatic rings. The number of amides is 1. The largest absolute Gasteiger partial charge is 0.325 e. The number of sulfonamides is 1. The molecule has 1 amide bonds. The van der Waals surface area contributed by atoms with E-state index >= 15 is 0 Å². The number of hydrogen-bond acceptors (Lipinski definition) is 3. The van der Waals surface area contributed by atoms with Gasteiger partial charge in [-0.1, -0.05) is 34.1 Å². The van der Waals surface area contributed by atoms with E-state index in [2.05, 4.69) is 21.2 Å². The Morgan fingerprint density at radius 3 is 2.39 bits per heavy atom. The minimum absolute atomic E-state index is 0.280. The van der Waals surface area contributed by atoms with Crippen LogP contribution in [0.15, 0.2) is 53.0 Å². The Balaban J connectivity index is 2.17. The molecule has 7 heteroatoms. The summed E-state index contributed by atoms with van der Waals surface area (Å²) in [4.78, 5) is 12.2. The van der Waals surface area contributed by atoms with Crippen LogP contribution < -0.4 is 9.62 Å². The molecule has 0 aliphatic carbocycles. The van der Waals surface area contributed by atoms with E-state index in [-0.39, 0.29) is 6.54 Å². The van der Waals surface area contributed by atoms with Crippen molar-refractivity contribution in [1.82, 2.24) is 0 Å². The van der Waals surface area contributed by atoms with Gasteiger partial charge in [-0.2, -0.15) is 0 Å². The molecule has 0 heterocycles. The monoisotopic (exact) mass is 396 g/mol. The number of para-hydroxylation sites is 1. The third kappa shape index (κ3) is 4.80. The van der Waals surface area contributed by atoms with Crippen molar-refractivity contribution in [2.75, 3.05) is 22.4 Å². The van der Waals surface area contributed by atoms with E-state index in [0.717, 1.165) is 20.6 Å². The zero-order valence-corrected chi connectivity index (χ0v) is 15.2. The molecule has 0 aliphatic rings. The van der Waals surface area contributed by atoms with Crippen LogP contribution in [0.2, 0.25) is 0 Å².